The van der Waals surface area contributed by atoms with E-state index in [4.69, 9.17) is 17.3 Å². The van der Waals surface area contributed by atoms with Gasteiger partial charge in [0.2, 0.25) is 11.8 Å². The third kappa shape index (κ3) is 1.69. The fourth-order valence-electron chi connectivity index (χ4n) is 2.22. The minimum absolute atomic E-state index is 0.0597. The number of amides is 2. The second-order valence-corrected chi connectivity index (χ2v) is 4.73. The molecule has 17 heavy (non-hydrogen) atoms. The summed E-state index contributed by atoms with van der Waals surface area (Å²) in [5.74, 6) is -1.43. The maximum Gasteiger partial charge on any atom is 0.225 e. The van der Waals surface area contributed by atoms with Gasteiger partial charge in [0, 0.05) is 13.5 Å². The summed E-state index contributed by atoms with van der Waals surface area (Å²) in [5, 5.41) is 0. The summed E-state index contributed by atoms with van der Waals surface area (Å²) in [6.07, 6.45) is 0.0597. The Labute approximate surface area is 104 Å². The fourth-order valence-corrected chi connectivity index (χ4v) is 2.62. The van der Waals surface area contributed by atoms with Gasteiger partial charge in [0.05, 0.1) is 5.92 Å². The first-order valence-corrected chi connectivity index (χ1v) is 5.66. The van der Waals surface area contributed by atoms with Gasteiger partial charge in [0.15, 0.2) is 5.00 Å². The quantitative estimate of drug-likeness (QED) is 0.632. The van der Waals surface area contributed by atoms with Crippen molar-refractivity contribution in [2.45, 2.75) is 11.4 Å². The van der Waals surface area contributed by atoms with E-state index in [0.717, 1.165) is 0 Å². The number of nitrogens with two attached hydrogens (primary N) is 1. The van der Waals surface area contributed by atoms with Crippen LogP contribution in [0.15, 0.2) is 30.3 Å². The standard InChI is InChI=1S/C12H13ClN2O2/c1-15-10(16)7-9(11(14)17)12(15,13)8-5-3-2-4-6-8/h2-6,9H,7H2,1H3,(H2,14,17). The van der Waals surface area contributed by atoms with Gasteiger partial charge in [-0.3, -0.25) is 9.59 Å². The molecule has 0 spiro atoms. The highest BCUT2D eigenvalue weighted by Gasteiger charge is 2.53. The molecule has 0 aliphatic carbocycles. The molecule has 1 aromatic carbocycles. The van der Waals surface area contributed by atoms with E-state index in [0.29, 0.717) is 5.56 Å². The van der Waals surface area contributed by atoms with Crippen molar-refractivity contribution in [3.8, 4) is 0 Å². The molecule has 5 heteroatoms. The highest BCUT2D eigenvalue weighted by molar-refractivity contribution is 6.27. The topological polar surface area (TPSA) is 63.4 Å². The van der Waals surface area contributed by atoms with Crippen LogP contribution in [0.25, 0.3) is 0 Å². The van der Waals surface area contributed by atoms with Crippen LogP contribution in [0.2, 0.25) is 0 Å². The lowest BCUT2D eigenvalue weighted by Crippen LogP contribution is -2.43. The summed E-state index contributed by atoms with van der Waals surface area (Å²) >= 11 is 6.51. The van der Waals surface area contributed by atoms with Gasteiger partial charge in [-0.05, 0) is 5.56 Å². The van der Waals surface area contributed by atoms with Crippen molar-refractivity contribution < 1.29 is 9.59 Å². The van der Waals surface area contributed by atoms with Gasteiger partial charge >= 0.3 is 0 Å². The second-order valence-electron chi connectivity index (χ2n) is 4.15. The molecule has 2 amide bonds. The first-order chi connectivity index (χ1) is 7.98. The Morgan fingerprint density at radius 3 is 2.59 bits per heavy atom. The molecule has 1 heterocycles. The number of benzene rings is 1. The van der Waals surface area contributed by atoms with Crippen LogP contribution in [-0.2, 0) is 14.6 Å². The van der Waals surface area contributed by atoms with Crippen LogP contribution in [0.5, 0.6) is 0 Å². The van der Waals surface area contributed by atoms with Gasteiger partial charge in [-0.25, -0.2) is 0 Å². The van der Waals surface area contributed by atoms with Crippen LogP contribution in [0.4, 0.5) is 0 Å². The maximum atomic E-state index is 11.7. The van der Waals surface area contributed by atoms with Gasteiger partial charge in [0.1, 0.15) is 0 Å². The molecule has 0 bridgehead atoms. The van der Waals surface area contributed by atoms with E-state index in [2.05, 4.69) is 0 Å². The van der Waals surface area contributed by atoms with Crippen molar-refractivity contribution >= 4 is 23.4 Å². The van der Waals surface area contributed by atoms with Crippen molar-refractivity contribution in [2.24, 2.45) is 11.7 Å². The highest BCUT2D eigenvalue weighted by Crippen LogP contribution is 2.46. The molecule has 1 saturated heterocycles. The lowest BCUT2D eigenvalue weighted by Gasteiger charge is -2.33. The summed E-state index contributed by atoms with van der Waals surface area (Å²) in [7, 11) is 1.59. The van der Waals surface area contributed by atoms with Crippen LogP contribution >= 0.6 is 11.6 Å². The predicted octanol–water partition coefficient (Wildman–Crippen LogP) is 1.04. The van der Waals surface area contributed by atoms with E-state index in [1.54, 1.807) is 19.2 Å². The zero-order valence-corrected chi connectivity index (χ0v) is 10.1. The largest absolute Gasteiger partial charge is 0.369 e. The number of primary amides is 1. The van der Waals surface area contributed by atoms with Crippen LogP contribution < -0.4 is 5.73 Å². The van der Waals surface area contributed by atoms with E-state index < -0.39 is 16.8 Å². The molecule has 2 N–H and O–H groups in total. The highest BCUT2D eigenvalue weighted by atomic mass is 35.5. The average molecular weight is 253 g/mol. The number of nitrogens with zero attached hydrogens (tertiary/aromatic N) is 1. The normalized spacial score (nSPS) is 28.5. The molecule has 1 aromatic rings. The Bertz CT molecular complexity index is 463. The monoisotopic (exact) mass is 252 g/mol. The molecule has 1 aliphatic heterocycles. The maximum absolute atomic E-state index is 11.7. The predicted molar refractivity (Wildman–Crippen MR) is 64.0 cm³/mol. The summed E-state index contributed by atoms with van der Waals surface area (Å²) in [6, 6.07) is 9.05. The Morgan fingerprint density at radius 1 is 1.47 bits per heavy atom. The zero-order valence-electron chi connectivity index (χ0n) is 9.39. The molecule has 1 fully saturated rings. The van der Waals surface area contributed by atoms with Crippen molar-refractivity contribution in [1.29, 1.82) is 0 Å². The lowest BCUT2D eigenvalue weighted by molar-refractivity contribution is -0.128. The minimum Gasteiger partial charge on any atom is -0.369 e. The molecule has 90 valence electrons. The molecule has 2 rings (SSSR count). The number of halogens is 1. The SMILES string of the molecule is CN1C(=O)CC(C(N)=O)C1(Cl)c1ccccc1. The Hall–Kier alpha value is -1.55. The van der Waals surface area contributed by atoms with Crippen molar-refractivity contribution in [3.63, 3.8) is 0 Å². The number of carbonyl (C=O) groups is 2. The van der Waals surface area contributed by atoms with E-state index in [1.165, 1.54) is 4.90 Å². The van der Waals surface area contributed by atoms with E-state index in [9.17, 15) is 9.59 Å². The van der Waals surface area contributed by atoms with Crippen LogP contribution in [0.3, 0.4) is 0 Å². The molecule has 0 radical (unpaired) electrons. The van der Waals surface area contributed by atoms with Crippen molar-refractivity contribution in [1.82, 2.24) is 4.90 Å². The average Bonchev–Trinajstić information content (AvgIpc) is 2.56. The molecule has 2 unspecified atom stereocenters. The number of hydrogen-bond donors (Lipinski definition) is 1. The molecule has 0 saturated carbocycles. The van der Waals surface area contributed by atoms with Crippen LogP contribution in [0, 0.1) is 5.92 Å². The zero-order chi connectivity index (χ0) is 12.6. The lowest BCUT2D eigenvalue weighted by atomic mass is 9.92. The van der Waals surface area contributed by atoms with Gasteiger partial charge in [-0.1, -0.05) is 41.9 Å². The Morgan fingerprint density at radius 2 is 2.06 bits per heavy atom. The molecule has 2 atom stereocenters. The molecule has 4 nitrogen and oxygen atoms in total. The van der Waals surface area contributed by atoms with Gasteiger partial charge in [-0.15, -0.1) is 0 Å². The minimum atomic E-state index is -1.16. The molecule has 0 aromatic heterocycles. The third-order valence-electron chi connectivity index (χ3n) is 3.22. The number of likely N-dealkylation sites (tertiary alicyclic amines) is 1. The summed E-state index contributed by atoms with van der Waals surface area (Å²) in [5.41, 5.74) is 6.04. The van der Waals surface area contributed by atoms with Crippen molar-refractivity contribution in [2.75, 3.05) is 7.05 Å². The van der Waals surface area contributed by atoms with Gasteiger partial charge in [0.25, 0.3) is 0 Å². The third-order valence-corrected chi connectivity index (χ3v) is 3.96. The van der Waals surface area contributed by atoms with E-state index >= 15 is 0 Å². The Kier molecular flexibility index (Phi) is 2.83. The van der Waals surface area contributed by atoms with Gasteiger partial charge in [-0.2, -0.15) is 0 Å². The number of rotatable bonds is 2. The molecule has 1 aliphatic rings. The fraction of sp³-hybridized carbons (Fsp3) is 0.333. The smallest absolute Gasteiger partial charge is 0.225 e. The Balaban J connectivity index is 2.52. The summed E-state index contributed by atoms with van der Waals surface area (Å²) < 4.78 is 0. The molecular formula is C12H13ClN2O2. The second kappa shape index (κ2) is 4.04. The number of hydrogen-bond acceptors (Lipinski definition) is 2. The van der Waals surface area contributed by atoms with Gasteiger partial charge < -0.3 is 10.6 Å². The first-order valence-electron chi connectivity index (χ1n) is 5.28. The van der Waals surface area contributed by atoms with E-state index in [1.807, 2.05) is 18.2 Å². The molecular weight excluding hydrogens is 240 g/mol. The first kappa shape index (κ1) is 11.9. The van der Waals surface area contributed by atoms with Crippen LogP contribution in [0.1, 0.15) is 12.0 Å². The van der Waals surface area contributed by atoms with Crippen molar-refractivity contribution in [3.05, 3.63) is 35.9 Å². The summed E-state index contributed by atoms with van der Waals surface area (Å²) in [6.45, 7) is 0. The number of carbonyl (C=O) groups excluding carboxylic acids is 2. The summed E-state index contributed by atoms with van der Waals surface area (Å²) in [4.78, 5) is 23.4. The van der Waals surface area contributed by atoms with Crippen LogP contribution in [-0.4, -0.2) is 23.8 Å². The number of alkyl halides is 1. The van der Waals surface area contributed by atoms with E-state index in [-0.39, 0.29) is 12.3 Å².